The lowest BCUT2D eigenvalue weighted by Crippen LogP contribution is -2.51. The number of guanidine groups is 1. The van der Waals surface area contributed by atoms with E-state index in [1.54, 1.807) is 17.0 Å². The molecule has 0 spiro atoms. The summed E-state index contributed by atoms with van der Waals surface area (Å²) < 4.78 is 15.6. The Balaban J connectivity index is 1.29. The van der Waals surface area contributed by atoms with Crippen LogP contribution in [0.5, 0.6) is 0 Å². The molecular weight excluding hydrogens is 477 g/mol. The monoisotopic (exact) mass is 505 g/mol. The van der Waals surface area contributed by atoms with Crippen LogP contribution in [0.25, 0.3) is 11.1 Å². The smallest absolute Gasteiger partial charge is 0.266 e. The lowest BCUT2D eigenvalue weighted by molar-refractivity contribution is 0.0865. The number of carbonyl (C=O) groups excluding carboxylic acids is 1. The summed E-state index contributed by atoms with van der Waals surface area (Å²) in [6.45, 7) is 0.612. The molecule has 1 aliphatic carbocycles. The third-order valence-electron chi connectivity index (χ3n) is 7.91. The number of fused-ring (bicyclic) bond motifs is 5. The van der Waals surface area contributed by atoms with Crippen LogP contribution in [-0.4, -0.2) is 40.5 Å². The lowest BCUT2D eigenvalue weighted by atomic mass is 10.0. The van der Waals surface area contributed by atoms with E-state index in [4.69, 9.17) is 4.99 Å². The molecule has 2 atom stereocenters. The third-order valence-corrected chi connectivity index (χ3v) is 7.91. The number of nitrogens with one attached hydrogen (secondary N) is 1. The number of aromatic nitrogens is 1. The first-order valence-electron chi connectivity index (χ1n) is 13.1. The minimum atomic E-state index is -0.239. The summed E-state index contributed by atoms with van der Waals surface area (Å²) in [7, 11) is 1.83. The van der Waals surface area contributed by atoms with E-state index >= 15 is 0 Å². The van der Waals surface area contributed by atoms with Crippen molar-refractivity contribution >= 4 is 29.1 Å². The molecule has 4 aromatic rings. The Morgan fingerprint density at radius 2 is 1.66 bits per heavy atom. The number of hydrogen-bond donors (Lipinski definition) is 1. The van der Waals surface area contributed by atoms with Gasteiger partial charge in [-0.2, -0.15) is 0 Å². The number of aliphatic imine (C=N–C) groups is 1. The molecule has 3 heterocycles. The highest BCUT2D eigenvalue weighted by atomic mass is 19.1. The van der Waals surface area contributed by atoms with E-state index in [9.17, 15) is 9.18 Å². The number of nitrogens with zero attached hydrogens (tertiary/aromatic N) is 4. The molecule has 1 aromatic heterocycles. The summed E-state index contributed by atoms with van der Waals surface area (Å²) >= 11 is 0. The van der Waals surface area contributed by atoms with E-state index in [-0.39, 0.29) is 23.8 Å². The van der Waals surface area contributed by atoms with Crippen molar-refractivity contribution in [3.63, 3.8) is 0 Å². The highest BCUT2D eigenvalue weighted by molar-refractivity contribution is 6.21. The zero-order valence-electron chi connectivity index (χ0n) is 21.1. The van der Waals surface area contributed by atoms with Gasteiger partial charge in [0, 0.05) is 25.5 Å². The van der Waals surface area contributed by atoms with E-state index in [1.165, 1.54) is 12.1 Å². The maximum absolute atomic E-state index is 13.7. The number of carbonyl (C=O) groups is 1. The van der Waals surface area contributed by atoms with Gasteiger partial charge in [-0.25, -0.2) is 9.38 Å². The Hall–Kier alpha value is -4.39. The molecule has 6 nitrogen and oxygen atoms in total. The van der Waals surface area contributed by atoms with Crippen molar-refractivity contribution in [2.45, 2.75) is 37.9 Å². The maximum atomic E-state index is 13.7. The van der Waals surface area contributed by atoms with Gasteiger partial charge in [-0.15, -0.1) is 0 Å². The van der Waals surface area contributed by atoms with Crippen molar-refractivity contribution in [2.24, 2.45) is 4.99 Å². The minimum absolute atomic E-state index is 0.0428. The Morgan fingerprint density at radius 3 is 2.39 bits per heavy atom. The number of anilines is 3. The molecule has 0 bridgehead atoms. The van der Waals surface area contributed by atoms with Crippen molar-refractivity contribution in [2.75, 3.05) is 17.3 Å². The van der Waals surface area contributed by atoms with Gasteiger partial charge in [-0.05, 0) is 60.2 Å². The minimum Gasteiger partial charge on any atom is -0.354 e. The van der Waals surface area contributed by atoms with Gasteiger partial charge in [-0.3, -0.25) is 14.6 Å². The molecular formula is C31H28FN5O. The van der Waals surface area contributed by atoms with Gasteiger partial charge in [0.1, 0.15) is 17.2 Å². The molecule has 3 aliphatic rings. The Bertz CT molecular complexity index is 1540. The third kappa shape index (κ3) is 3.69. The Kier molecular flexibility index (Phi) is 5.32. The largest absolute Gasteiger partial charge is 0.354 e. The van der Waals surface area contributed by atoms with E-state index in [0.29, 0.717) is 12.1 Å². The van der Waals surface area contributed by atoms with E-state index in [0.717, 1.165) is 59.1 Å². The van der Waals surface area contributed by atoms with Crippen LogP contribution in [0.1, 0.15) is 35.2 Å². The summed E-state index contributed by atoms with van der Waals surface area (Å²) in [5.41, 5.74) is 5.55. The second kappa shape index (κ2) is 8.87. The number of amides is 1. The Morgan fingerprint density at radius 1 is 0.947 bits per heavy atom. The normalized spacial score (nSPS) is 19.7. The first-order valence-corrected chi connectivity index (χ1v) is 13.1. The van der Waals surface area contributed by atoms with Gasteiger partial charge in [-0.1, -0.05) is 54.6 Å². The van der Waals surface area contributed by atoms with Crippen LogP contribution in [0.4, 0.5) is 21.6 Å². The average molecular weight is 506 g/mol. The van der Waals surface area contributed by atoms with E-state index in [2.05, 4.69) is 45.2 Å². The zero-order chi connectivity index (χ0) is 25.8. The summed E-state index contributed by atoms with van der Waals surface area (Å²) in [6.07, 6.45) is 5.33. The van der Waals surface area contributed by atoms with Gasteiger partial charge in [0.2, 0.25) is 5.96 Å². The second-order valence-corrected chi connectivity index (χ2v) is 10.3. The van der Waals surface area contributed by atoms with Crippen LogP contribution < -0.4 is 10.2 Å². The molecule has 0 unspecified atom stereocenters. The number of para-hydroxylation sites is 1. The molecule has 38 heavy (non-hydrogen) atoms. The summed E-state index contributed by atoms with van der Waals surface area (Å²) in [4.78, 5) is 22.7. The fourth-order valence-corrected chi connectivity index (χ4v) is 6.04. The standard InChI is InChI=1S/C31H28FN5O/c1-35-30(38)28-26(33-24-6-3-2-4-7-24)19-36(29(28)37-27-9-5-8-25(27)34-31(35)37)18-20-10-12-21(13-11-20)22-14-16-23(32)17-15-22/h2-4,6-7,10-17,19,25,27,33H,5,8-9,18H2,1H3/t25-,27+/m1/s1. The first-order chi connectivity index (χ1) is 18.6. The first kappa shape index (κ1) is 22.8. The van der Waals surface area contributed by atoms with Gasteiger partial charge in [0.15, 0.2) is 0 Å². The molecule has 0 saturated heterocycles. The van der Waals surface area contributed by atoms with Crippen LogP contribution in [-0.2, 0) is 6.54 Å². The number of hydrogen-bond acceptors (Lipinski definition) is 4. The molecule has 2 aliphatic heterocycles. The number of benzene rings is 3. The summed E-state index contributed by atoms with van der Waals surface area (Å²) in [5, 5.41) is 3.50. The fourth-order valence-electron chi connectivity index (χ4n) is 6.04. The highest BCUT2D eigenvalue weighted by Gasteiger charge is 2.49. The van der Waals surface area contributed by atoms with E-state index in [1.807, 2.05) is 37.4 Å². The molecule has 1 amide bonds. The zero-order valence-corrected chi connectivity index (χ0v) is 21.1. The highest BCUT2D eigenvalue weighted by Crippen LogP contribution is 2.44. The van der Waals surface area contributed by atoms with Crippen LogP contribution in [0.3, 0.4) is 0 Å². The molecule has 1 saturated carbocycles. The molecule has 0 radical (unpaired) electrons. The topological polar surface area (TPSA) is 52.9 Å². The van der Waals surface area contributed by atoms with Crippen molar-refractivity contribution in [3.8, 4) is 11.1 Å². The van der Waals surface area contributed by atoms with Crippen molar-refractivity contribution in [3.05, 3.63) is 102 Å². The molecule has 3 aromatic carbocycles. The number of rotatable bonds is 5. The lowest BCUT2D eigenvalue weighted by Gasteiger charge is -2.36. The second-order valence-electron chi connectivity index (χ2n) is 10.3. The maximum Gasteiger partial charge on any atom is 0.266 e. The van der Waals surface area contributed by atoms with Gasteiger partial charge in [0.25, 0.3) is 5.91 Å². The molecule has 1 N–H and O–H groups in total. The van der Waals surface area contributed by atoms with Gasteiger partial charge in [0.05, 0.1) is 17.8 Å². The summed E-state index contributed by atoms with van der Waals surface area (Å²) in [5.74, 6) is 1.40. The molecule has 1 fully saturated rings. The molecule has 7 rings (SSSR count). The number of halogens is 1. The van der Waals surface area contributed by atoms with Crippen LogP contribution in [0.15, 0.2) is 90.1 Å². The predicted molar refractivity (Wildman–Crippen MR) is 149 cm³/mol. The average Bonchev–Trinajstić information content (AvgIpc) is 3.63. The van der Waals surface area contributed by atoms with Gasteiger partial charge < -0.3 is 9.88 Å². The predicted octanol–water partition coefficient (Wildman–Crippen LogP) is 6.27. The Labute approximate surface area is 221 Å². The van der Waals surface area contributed by atoms with Crippen molar-refractivity contribution in [1.82, 2.24) is 9.47 Å². The van der Waals surface area contributed by atoms with Crippen molar-refractivity contribution < 1.29 is 9.18 Å². The molecule has 7 heteroatoms. The van der Waals surface area contributed by atoms with Gasteiger partial charge >= 0.3 is 0 Å². The molecule has 190 valence electrons. The van der Waals surface area contributed by atoms with Crippen LogP contribution in [0.2, 0.25) is 0 Å². The van der Waals surface area contributed by atoms with Crippen molar-refractivity contribution in [1.29, 1.82) is 0 Å². The SMILES string of the molecule is CN1C(=O)c2c(Nc3ccccc3)cn(Cc3ccc(-c4ccc(F)cc4)cc3)c2N2C1=N[C@@H]1CCC[C@@H]12. The summed E-state index contributed by atoms with van der Waals surface area (Å²) in [6, 6.07) is 25.3. The van der Waals surface area contributed by atoms with Crippen LogP contribution >= 0.6 is 0 Å². The quantitative estimate of drug-likeness (QED) is 0.348. The fraction of sp³-hybridized carbons (Fsp3) is 0.226. The van der Waals surface area contributed by atoms with E-state index < -0.39 is 0 Å². The van der Waals surface area contributed by atoms with Crippen LogP contribution in [0, 0.1) is 5.82 Å².